The van der Waals surface area contributed by atoms with Crippen molar-refractivity contribution in [3.63, 3.8) is 0 Å². The molecule has 0 saturated heterocycles. The maximum Gasteiger partial charge on any atom is 0.342 e. The minimum Gasteiger partial charge on any atom is -0.503 e. The molecule has 0 spiro atoms. The molecule has 0 fully saturated rings. The molecule has 0 aliphatic carbocycles. The van der Waals surface area contributed by atoms with Crippen molar-refractivity contribution in [1.29, 1.82) is 0 Å². The predicted molar refractivity (Wildman–Crippen MR) is 56.6 cm³/mol. The monoisotopic (exact) mass is 216 g/mol. The summed E-state index contributed by atoms with van der Waals surface area (Å²) in [6, 6.07) is 9.79. The Bertz CT molecular complexity index is 537. The molecule has 0 saturated carbocycles. The molecule has 2 N–H and O–H groups in total. The molecule has 1 heterocycles. The predicted octanol–water partition coefficient (Wildman–Crippen LogP) is 1.37. The van der Waals surface area contributed by atoms with Crippen LogP contribution in [0.1, 0.15) is 10.4 Å². The molecule has 80 valence electrons. The van der Waals surface area contributed by atoms with E-state index in [-0.39, 0.29) is 11.3 Å². The van der Waals surface area contributed by atoms with Gasteiger partial charge in [-0.25, -0.2) is 4.79 Å². The number of aromatic nitrogens is 1. The van der Waals surface area contributed by atoms with Gasteiger partial charge in [-0.3, -0.25) is 0 Å². The van der Waals surface area contributed by atoms with E-state index in [0.29, 0.717) is 5.69 Å². The average molecular weight is 216 g/mol. The zero-order chi connectivity index (χ0) is 11.5. The maximum absolute atomic E-state index is 11.0. The van der Waals surface area contributed by atoms with Gasteiger partial charge in [-0.2, -0.15) is 4.57 Å². The van der Waals surface area contributed by atoms with Gasteiger partial charge < -0.3 is 10.2 Å². The molecule has 4 heteroatoms. The van der Waals surface area contributed by atoms with Crippen molar-refractivity contribution in [3.05, 3.63) is 54.4 Å². The SMILES string of the molecule is O=C(O)c1ccccc1-[n+]1cccc(O)c1. The quantitative estimate of drug-likeness (QED) is 0.745. The Morgan fingerprint density at radius 3 is 2.56 bits per heavy atom. The van der Waals surface area contributed by atoms with Gasteiger partial charge in [0.05, 0.1) is 0 Å². The highest BCUT2D eigenvalue weighted by Gasteiger charge is 2.17. The number of aromatic carboxylic acids is 1. The van der Waals surface area contributed by atoms with Crippen LogP contribution in [0.15, 0.2) is 48.8 Å². The van der Waals surface area contributed by atoms with Crippen molar-refractivity contribution < 1.29 is 19.6 Å². The summed E-state index contributed by atoms with van der Waals surface area (Å²) in [4.78, 5) is 11.0. The van der Waals surface area contributed by atoms with Gasteiger partial charge in [0.25, 0.3) is 0 Å². The Morgan fingerprint density at radius 2 is 1.88 bits per heavy atom. The first kappa shape index (κ1) is 10.2. The molecule has 0 bridgehead atoms. The van der Waals surface area contributed by atoms with Gasteiger partial charge in [0, 0.05) is 12.1 Å². The first-order valence-corrected chi connectivity index (χ1v) is 4.71. The lowest BCUT2D eigenvalue weighted by atomic mass is 10.2. The van der Waals surface area contributed by atoms with E-state index in [1.807, 2.05) is 0 Å². The summed E-state index contributed by atoms with van der Waals surface area (Å²) in [6.07, 6.45) is 3.14. The lowest BCUT2D eigenvalue weighted by molar-refractivity contribution is -0.596. The fourth-order valence-electron chi connectivity index (χ4n) is 1.49. The summed E-state index contributed by atoms with van der Waals surface area (Å²) in [5.41, 5.74) is 0.712. The van der Waals surface area contributed by atoms with Gasteiger partial charge in [0.1, 0.15) is 5.56 Å². The smallest absolute Gasteiger partial charge is 0.342 e. The third kappa shape index (κ3) is 1.86. The molecule has 0 aliphatic heterocycles. The van der Waals surface area contributed by atoms with Crippen LogP contribution in [0, 0.1) is 0 Å². The number of para-hydroxylation sites is 1. The zero-order valence-corrected chi connectivity index (χ0v) is 8.37. The molecule has 0 radical (unpaired) electrons. The number of carboxylic acids is 1. The van der Waals surface area contributed by atoms with E-state index in [2.05, 4.69) is 0 Å². The van der Waals surface area contributed by atoms with Crippen LogP contribution >= 0.6 is 0 Å². The van der Waals surface area contributed by atoms with Gasteiger partial charge in [0.15, 0.2) is 11.9 Å². The van der Waals surface area contributed by atoms with Crippen LogP contribution in [-0.4, -0.2) is 16.2 Å². The number of rotatable bonds is 2. The molecule has 2 rings (SSSR count). The Labute approximate surface area is 92.0 Å². The van der Waals surface area contributed by atoms with Crippen LogP contribution in [0.2, 0.25) is 0 Å². The van der Waals surface area contributed by atoms with Crippen molar-refractivity contribution in [2.24, 2.45) is 0 Å². The van der Waals surface area contributed by atoms with Crippen LogP contribution in [0.5, 0.6) is 5.75 Å². The van der Waals surface area contributed by atoms with E-state index in [9.17, 15) is 9.90 Å². The summed E-state index contributed by atoms with van der Waals surface area (Å²) >= 11 is 0. The summed E-state index contributed by atoms with van der Waals surface area (Å²) < 4.78 is 1.57. The lowest BCUT2D eigenvalue weighted by Gasteiger charge is -1.99. The molecule has 0 atom stereocenters. The highest BCUT2D eigenvalue weighted by atomic mass is 16.4. The Morgan fingerprint density at radius 1 is 1.12 bits per heavy atom. The second-order valence-corrected chi connectivity index (χ2v) is 3.29. The second-order valence-electron chi connectivity index (χ2n) is 3.29. The molecule has 2 aromatic rings. The Balaban J connectivity index is 2.60. The summed E-state index contributed by atoms with van der Waals surface area (Å²) in [5.74, 6) is -0.908. The number of aromatic hydroxyl groups is 1. The van der Waals surface area contributed by atoms with E-state index in [4.69, 9.17) is 5.11 Å². The molecule has 1 aromatic carbocycles. The zero-order valence-electron chi connectivity index (χ0n) is 8.37. The van der Waals surface area contributed by atoms with E-state index in [1.165, 1.54) is 18.3 Å². The maximum atomic E-state index is 11.0. The van der Waals surface area contributed by atoms with Crippen LogP contribution in [-0.2, 0) is 0 Å². The van der Waals surface area contributed by atoms with Gasteiger partial charge in [-0.15, -0.1) is 0 Å². The van der Waals surface area contributed by atoms with Crippen molar-refractivity contribution in [2.75, 3.05) is 0 Å². The minimum absolute atomic E-state index is 0.0858. The van der Waals surface area contributed by atoms with Crippen molar-refractivity contribution in [3.8, 4) is 11.4 Å². The third-order valence-electron chi connectivity index (χ3n) is 2.20. The highest BCUT2D eigenvalue weighted by Crippen LogP contribution is 2.10. The lowest BCUT2D eigenvalue weighted by Crippen LogP contribution is -2.31. The van der Waals surface area contributed by atoms with Gasteiger partial charge >= 0.3 is 5.97 Å². The number of carbonyl (C=O) groups is 1. The minimum atomic E-state index is -0.994. The van der Waals surface area contributed by atoms with Gasteiger partial charge in [-0.05, 0) is 12.1 Å². The van der Waals surface area contributed by atoms with Gasteiger partial charge in [-0.1, -0.05) is 12.1 Å². The highest BCUT2D eigenvalue weighted by molar-refractivity contribution is 5.90. The topological polar surface area (TPSA) is 61.4 Å². The molecular weight excluding hydrogens is 206 g/mol. The molecule has 1 aromatic heterocycles. The molecule has 16 heavy (non-hydrogen) atoms. The van der Waals surface area contributed by atoms with E-state index in [0.717, 1.165) is 0 Å². The van der Waals surface area contributed by atoms with Crippen LogP contribution in [0.25, 0.3) is 5.69 Å². The van der Waals surface area contributed by atoms with Crippen molar-refractivity contribution >= 4 is 5.97 Å². The van der Waals surface area contributed by atoms with E-state index < -0.39 is 5.97 Å². The number of nitrogens with zero attached hydrogens (tertiary/aromatic N) is 1. The van der Waals surface area contributed by atoms with Crippen LogP contribution in [0.4, 0.5) is 0 Å². The molecule has 4 nitrogen and oxygen atoms in total. The molecular formula is C12H10NO3+. The van der Waals surface area contributed by atoms with Crippen LogP contribution in [0.3, 0.4) is 0 Å². The number of carboxylic acid groups (broad SMARTS) is 1. The summed E-state index contributed by atoms with van der Waals surface area (Å²) in [7, 11) is 0. The standard InChI is InChI=1S/C12H9NO3/c14-9-4-3-7-13(8-9)11-6-2-1-5-10(11)12(15)16/h1-8H,(H-,14,15,16)/p+1. The average Bonchev–Trinajstić information content (AvgIpc) is 2.29. The number of hydrogen-bond acceptors (Lipinski definition) is 2. The fraction of sp³-hybridized carbons (Fsp3) is 0. The summed E-state index contributed by atoms with van der Waals surface area (Å²) in [6.45, 7) is 0. The fourth-order valence-corrected chi connectivity index (χ4v) is 1.49. The molecule has 0 aliphatic rings. The number of hydrogen-bond donors (Lipinski definition) is 2. The van der Waals surface area contributed by atoms with E-state index >= 15 is 0 Å². The number of benzene rings is 1. The first-order valence-electron chi connectivity index (χ1n) is 4.71. The first-order chi connectivity index (χ1) is 7.68. The van der Waals surface area contributed by atoms with Gasteiger partial charge in [0.2, 0.25) is 11.9 Å². The normalized spacial score (nSPS) is 10.0. The Kier molecular flexibility index (Phi) is 2.55. The number of pyridine rings is 1. The van der Waals surface area contributed by atoms with Crippen molar-refractivity contribution in [1.82, 2.24) is 0 Å². The summed E-state index contributed by atoms with van der Waals surface area (Å²) in [5, 5.41) is 18.4. The third-order valence-corrected chi connectivity index (χ3v) is 2.20. The molecule has 0 unspecified atom stereocenters. The largest absolute Gasteiger partial charge is 0.503 e. The second kappa shape index (κ2) is 4.02. The van der Waals surface area contributed by atoms with E-state index in [1.54, 1.807) is 35.0 Å². The van der Waals surface area contributed by atoms with Crippen molar-refractivity contribution in [2.45, 2.75) is 0 Å². The molecule has 0 amide bonds. The Hall–Kier alpha value is -2.36. The van der Waals surface area contributed by atoms with Crippen LogP contribution < -0.4 is 4.57 Å².